The monoisotopic (exact) mass is 416 g/mol. The first-order chi connectivity index (χ1) is 14.4. The van der Waals surface area contributed by atoms with E-state index in [-0.39, 0.29) is 24.3 Å². The molecule has 162 valence electrons. The smallest absolute Gasteiger partial charge is 0.306 e. The fourth-order valence-electron chi connectivity index (χ4n) is 5.31. The molecule has 3 unspecified atom stereocenters. The number of Topliss-reactive ketones (excluding diaryl/α,β-unsaturated/α-hetero) is 1. The minimum atomic E-state index is -0.433. The van der Waals surface area contributed by atoms with Crippen LogP contribution in [0.4, 0.5) is 10.1 Å². The van der Waals surface area contributed by atoms with E-state index in [4.69, 9.17) is 4.74 Å². The van der Waals surface area contributed by atoms with E-state index in [0.717, 1.165) is 12.3 Å². The van der Waals surface area contributed by atoms with Crippen molar-refractivity contribution in [2.24, 2.45) is 17.8 Å². The molecule has 1 aromatic carbocycles. The maximum atomic E-state index is 14.4. The summed E-state index contributed by atoms with van der Waals surface area (Å²) < 4.78 is 19.6. The summed E-state index contributed by atoms with van der Waals surface area (Å²) in [6, 6.07) is 4.49. The lowest BCUT2D eigenvalue weighted by Gasteiger charge is -2.36. The van der Waals surface area contributed by atoms with E-state index in [0.29, 0.717) is 55.7 Å². The molecule has 3 fully saturated rings. The van der Waals surface area contributed by atoms with Gasteiger partial charge in [0.1, 0.15) is 5.82 Å². The Morgan fingerprint density at radius 3 is 2.47 bits per heavy atom. The van der Waals surface area contributed by atoms with E-state index in [1.165, 1.54) is 32.3 Å². The first kappa shape index (κ1) is 20.8. The lowest BCUT2D eigenvalue weighted by molar-refractivity contribution is -0.153. The summed E-state index contributed by atoms with van der Waals surface area (Å²) in [6.45, 7) is 3.04. The summed E-state index contributed by atoms with van der Waals surface area (Å²) in [4.78, 5) is 39.5. The lowest BCUT2D eigenvalue weighted by atomic mass is 9.86. The van der Waals surface area contributed by atoms with Crippen molar-refractivity contribution < 1.29 is 23.5 Å². The highest BCUT2D eigenvalue weighted by Gasteiger charge is 2.40. The third kappa shape index (κ3) is 4.50. The Labute approximate surface area is 176 Å². The van der Waals surface area contributed by atoms with Crippen molar-refractivity contribution >= 4 is 23.3 Å². The Hall–Kier alpha value is -2.44. The average Bonchev–Trinajstić information content (AvgIpc) is 3.35. The number of rotatable bonds is 6. The Balaban J connectivity index is 1.21. The molecule has 0 radical (unpaired) electrons. The second-order valence-corrected chi connectivity index (χ2v) is 8.89. The number of anilines is 1. The van der Waals surface area contributed by atoms with Gasteiger partial charge in [0, 0.05) is 38.2 Å². The average molecular weight is 416 g/mol. The molecule has 1 aliphatic heterocycles. The van der Waals surface area contributed by atoms with E-state index >= 15 is 0 Å². The molecule has 0 spiro atoms. The number of nitrogens with zero attached hydrogens (tertiary/aromatic N) is 2. The van der Waals surface area contributed by atoms with Crippen LogP contribution in [0.5, 0.6) is 0 Å². The second-order valence-electron chi connectivity index (χ2n) is 8.89. The zero-order chi connectivity index (χ0) is 21.3. The van der Waals surface area contributed by atoms with Crippen molar-refractivity contribution in [2.75, 3.05) is 37.7 Å². The number of fused-ring (bicyclic) bond motifs is 2. The highest BCUT2D eigenvalue weighted by molar-refractivity contribution is 5.94. The Kier molecular flexibility index (Phi) is 6.06. The van der Waals surface area contributed by atoms with E-state index in [1.54, 1.807) is 17.0 Å². The quantitative estimate of drug-likeness (QED) is 0.527. The summed E-state index contributed by atoms with van der Waals surface area (Å²) in [5.41, 5.74) is 0.779. The fraction of sp³-hybridized carbons (Fsp3) is 0.609. The molecule has 2 saturated carbocycles. The zero-order valence-corrected chi connectivity index (χ0v) is 17.4. The molecule has 2 bridgehead atoms. The van der Waals surface area contributed by atoms with E-state index in [1.807, 2.05) is 4.90 Å². The van der Waals surface area contributed by atoms with Crippen LogP contribution in [0, 0.1) is 23.6 Å². The van der Waals surface area contributed by atoms with Gasteiger partial charge in [-0.1, -0.05) is 6.42 Å². The fourth-order valence-corrected chi connectivity index (χ4v) is 5.31. The molecule has 1 amide bonds. The topological polar surface area (TPSA) is 66.9 Å². The van der Waals surface area contributed by atoms with Crippen LogP contribution in [-0.2, 0) is 14.3 Å². The number of hydrogen-bond donors (Lipinski definition) is 0. The molecule has 2 aliphatic carbocycles. The predicted octanol–water partition coefficient (Wildman–Crippen LogP) is 3.05. The molecule has 3 atom stereocenters. The number of amides is 1. The highest BCUT2D eigenvalue weighted by Crippen LogP contribution is 2.49. The molecule has 1 heterocycles. The molecule has 3 aliphatic rings. The van der Waals surface area contributed by atoms with Crippen molar-refractivity contribution in [1.29, 1.82) is 0 Å². The third-order valence-electron chi connectivity index (χ3n) is 7.00. The molecule has 4 rings (SSSR count). The van der Waals surface area contributed by atoms with E-state index < -0.39 is 5.82 Å². The second kappa shape index (κ2) is 8.74. The summed E-state index contributed by atoms with van der Waals surface area (Å²) in [5.74, 6) is 0.794. The first-order valence-corrected chi connectivity index (χ1v) is 10.9. The van der Waals surface area contributed by atoms with Crippen molar-refractivity contribution in [3.05, 3.63) is 29.6 Å². The summed E-state index contributed by atoms with van der Waals surface area (Å²) in [5, 5.41) is 0. The van der Waals surface area contributed by atoms with Gasteiger partial charge < -0.3 is 14.5 Å². The van der Waals surface area contributed by atoms with Gasteiger partial charge in [-0.2, -0.15) is 0 Å². The van der Waals surface area contributed by atoms with Crippen LogP contribution in [0.15, 0.2) is 18.2 Å². The van der Waals surface area contributed by atoms with Gasteiger partial charge in [0.2, 0.25) is 0 Å². The first-order valence-electron chi connectivity index (χ1n) is 10.9. The van der Waals surface area contributed by atoms with Gasteiger partial charge >= 0.3 is 5.97 Å². The number of piperazine rings is 1. The maximum absolute atomic E-state index is 14.4. The number of benzene rings is 1. The van der Waals surface area contributed by atoms with Crippen molar-refractivity contribution in [3.63, 3.8) is 0 Å². The van der Waals surface area contributed by atoms with Crippen LogP contribution in [0.1, 0.15) is 49.4 Å². The highest BCUT2D eigenvalue weighted by atomic mass is 19.1. The van der Waals surface area contributed by atoms with Gasteiger partial charge in [0.05, 0.1) is 5.69 Å². The molecular weight excluding hydrogens is 387 g/mol. The van der Waals surface area contributed by atoms with Gasteiger partial charge in [0.25, 0.3) is 5.91 Å². The number of ether oxygens (including phenoxy) is 1. The molecule has 1 aromatic rings. The lowest BCUT2D eigenvalue weighted by Crippen LogP contribution is -2.50. The number of hydrogen-bond acceptors (Lipinski definition) is 5. The third-order valence-corrected chi connectivity index (χ3v) is 7.00. The largest absolute Gasteiger partial charge is 0.456 e. The van der Waals surface area contributed by atoms with Crippen LogP contribution < -0.4 is 4.90 Å². The van der Waals surface area contributed by atoms with Gasteiger partial charge in [-0.15, -0.1) is 0 Å². The maximum Gasteiger partial charge on any atom is 0.306 e. The number of esters is 1. The van der Waals surface area contributed by atoms with Gasteiger partial charge in [-0.3, -0.25) is 14.4 Å². The van der Waals surface area contributed by atoms with Crippen LogP contribution in [0.3, 0.4) is 0 Å². The standard InChI is InChI=1S/C23H29FN2O4/c1-15(27)17-4-5-21(20(24)12-17)25-6-8-26(9-7-25)22(28)14-30-23(29)13-19-11-16-2-3-18(19)10-16/h4-5,12,16,18-19H,2-3,6-11,13-14H2,1H3. The molecule has 7 heteroatoms. The van der Waals surface area contributed by atoms with Gasteiger partial charge in [0.15, 0.2) is 12.4 Å². The van der Waals surface area contributed by atoms with E-state index in [2.05, 4.69) is 0 Å². The molecule has 30 heavy (non-hydrogen) atoms. The molecule has 1 saturated heterocycles. The molecule has 0 N–H and O–H groups in total. The normalized spacial score (nSPS) is 25.5. The van der Waals surface area contributed by atoms with Crippen LogP contribution in [0.2, 0.25) is 0 Å². The SMILES string of the molecule is CC(=O)c1ccc(N2CCN(C(=O)COC(=O)CC3CC4CCC3C4)CC2)c(F)c1. The predicted molar refractivity (Wildman–Crippen MR) is 110 cm³/mol. The van der Waals surface area contributed by atoms with Crippen molar-refractivity contribution in [1.82, 2.24) is 4.90 Å². The Bertz CT molecular complexity index is 834. The summed E-state index contributed by atoms with van der Waals surface area (Å²) in [7, 11) is 0. The number of halogens is 1. The van der Waals surface area contributed by atoms with Gasteiger partial charge in [-0.25, -0.2) is 4.39 Å². The Morgan fingerprint density at radius 1 is 1.10 bits per heavy atom. The number of ketones is 1. The zero-order valence-electron chi connectivity index (χ0n) is 17.4. The number of carbonyl (C=O) groups excluding carboxylic acids is 3. The van der Waals surface area contributed by atoms with Crippen molar-refractivity contribution in [2.45, 2.75) is 39.0 Å². The molecule has 6 nitrogen and oxygen atoms in total. The van der Waals surface area contributed by atoms with Crippen LogP contribution in [-0.4, -0.2) is 55.3 Å². The number of carbonyl (C=O) groups is 3. The van der Waals surface area contributed by atoms with Crippen LogP contribution in [0.25, 0.3) is 0 Å². The van der Waals surface area contributed by atoms with E-state index in [9.17, 15) is 18.8 Å². The summed E-state index contributed by atoms with van der Waals surface area (Å²) >= 11 is 0. The minimum Gasteiger partial charge on any atom is -0.456 e. The molecular formula is C23H29FN2O4. The van der Waals surface area contributed by atoms with Crippen molar-refractivity contribution in [3.8, 4) is 0 Å². The van der Waals surface area contributed by atoms with Gasteiger partial charge in [-0.05, 0) is 62.1 Å². The Morgan fingerprint density at radius 2 is 1.87 bits per heavy atom. The van der Waals surface area contributed by atoms with Crippen LogP contribution >= 0.6 is 0 Å². The molecule has 0 aromatic heterocycles. The minimum absolute atomic E-state index is 0.175. The summed E-state index contributed by atoms with van der Waals surface area (Å²) in [6.07, 6.45) is 5.33.